The molecule has 3 N–H and O–H groups in total. The van der Waals surface area contributed by atoms with Crippen molar-refractivity contribution in [2.75, 3.05) is 13.2 Å². The van der Waals surface area contributed by atoms with Crippen LogP contribution in [0.3, 0.4) is 0 Å². The number of hydrogen-bond acceptors (Lipinski definition) is 6. The molecule has 32 heavy (non-hydrogen) atoms. The molecule has 0 saturated carbocycles. The van der Waals surface area contributed by atoms with E-state index in [2.05, 4.69) is 10.3 Å². The second-order valence-electron chi connectivity index (χ2n) is 7.43. The van der Waals surface area contributed by atoms with Gasteiger partial charge < -0.3 is 20.3 Å². The van der Waals surface area contributed by atoms with Crippen molar-refractivity contribution >= 4 is 17.7 Å². The van der Waals surface area contributed by atoms with Crippen molar-refractivity contribution < 1.29 is 19.7 Å². The molecule has 1 aromatic heterocycles. The van der Waals surface area contributed by atoms with Crippen LogP contribution in [-0.2, 0) is 4.74 Å². The fraction of sp³-hybridized carbons (Fsp3) is 0.208. The van der Waals surface area contributed by atoms with E-state index >= 15 is 0 Å². The number of nitrogens with one attached hydrogen (secondary N) is 1. The summed E-state index contributed by atoms with van der Waals surface area (Å²) in [6, 6.07) is 19.2. The first-order valence-electron chi connectivity index (χ1n) is 10.00. The predicted molar refractivity (Wildman–Crippen MR) is 118 cm³/mol. The lowest BCUT2D eigenvalue weighted by Crippen LogP contribution is -2.36. The van der Waals surface area contributed by atoms with Gasteiger partial charge in [-0.25, -0.2) is 9.78 Å². The van der Waals surface area contributed by atoms with E-state index < -0.39 is 18.3 Å². The zero-order chi connectivity index (χ0) is 22.7. The molecule has 0 bridgehead atoms. The van der Waals surface area contributed by atoms with Crippen molar-refractivity contribution in [3.8, 4) is 17.2 Å². The molecule has 0 aliphatic heterocycles. The molecular weight excluding hydrogens is 430 g/mol. The van der Waals surface area contributed by atoms with Gasteiger partial charge in [0.2, 0.25) is 0 Å². The summed E-state index contributed by atoms with van der Waals surface area (Å²) >= 11 is 5.96. The molecule has 162 valence electrons. The van der Waals surface area contributed by atoms with Crippen molar-refractivity contribution in [1.29, 1.82) is 5.26 Å². The molecule has 1 aliphatic carbocycles. The van der Waals surface area contributed by atoms with Crippen LogP contribution in [0.1, 0.15) is 34.3 Å². The molecule has 7 nitrogen and oxygen atoms in total. The number of benzene rings is 2. The summed E-state index contributed by atoms with van der Waals surface area (Å²) < 4.78 is 5.41. The van der Waals surface area contributed by atoms with Crippen molar-refractivity contribution in [2.24, 2.45) is 0 Å². The van der Waals surface area contributed by atoms with Crippen LogP contribution in [0.4, 0.5) is 4.79 Å². The normalized spacial score (nSPS) is 14.1. The molecular formula is C24H20ClN3O4. The average molecular weight is 450 g/mol. The van der Waals surface area contributed by atoms with Gasteiger partial charge in [-0.05, 0) is 28.3 Å². The molecule has 2 atom stereocenters. The average Bonchev–Trinajstić information content (AvgIpc) is 3.14. The van der Waals surface area contributed by atoms with Gasteiger partial charge >= 0.3 is 6.09 Å². The minimum absolute atomic E-state index is 0.0308. The number of fused-ring (bicyclic) bond motifs is 3. The number of hydrogen-bond donors (Lipinski definition) is 3. The summed E-state index contributed by atoms with van der Waals surface area (Å²) in [6.45, 7) is -0.135. The zero-order valence-electron chi connectivity index (χ0n) is 16.9. The third kappa shape index (κ3) is 4.30. The first kappa shape index (κ1) is 21.8. The van der Waals surface area contributed by atoms with E-state index in [1.165, 1.54) is 12.3 Å². The fourth-order valence-electron chi connectivity index (χ4n) is 3.89. The summed E-state index contributed by atoms with van der Waals surface area (Å²) in [7, 11) is 0. The molecule has 1 aliphatic rings. The summed E-state index contributed by atoms with van der Waals surface area (Å²) in [6.07, 6.45) is -2.26. The third-order valence-electron chi connectivity index (χ3n) is 5.48. The van der Waals surface area contributed by atoms with Gasteiger partial charge in [-0.3, -0.25) is 0 Å². The predicted octanol–water partition coefficient (Wildman–Crippen LogP) is 3.54. The van der Waals surface area contributed by atoms with E-state index in [0.717, 1.165) is 22.3 Å². The topological polar surface area (TPSA) is 115 Å². The Morgan fingerprint density at radius 1 is 1.16 bits per heavy atom. The number of aliphatic hydroxyl groups excluding tert-OH is 2. The minimum Gasteiger partial charge on any atom is -0.449 e. The van der Waals surface area contributed by atoms with Crippen molar-refractivity contribution in [2.45, 2.75) is 18.1 Å². The molecule has 1 amide bonds. The fourth-order valence-corrected chi connectivity index (χ4v) is 4.11. The summed E-state index contributed by atoms with van der Waals surface area (Å²) in [5, 5.41) is 32.0. The van der Waals surface area contributed by atoms with Gasteiger partial charge in [-0.1, -0.05) is 60.1 Å². The number of carbonyl (C=O) groups excluding carboxylic acids is 1. The first-order valence-corrected chi connectivity index (χ1v) is 10.4. The second kappa shape index (κ2) is 9.37. The number of halogens is 1. The summed E-state index contributed by atoms with van der Waals surface area (Å²) in [5.74, 6) is -0.0812. The lowest BCUT2D eigenvalue weighted by Gasteiger charge is -2.20. The summed E-state index contributed by atoms with van der Waals surface area (Å²) in [4.78, 5) is 16.1. The molecule has 2 aromatic carbocycles. The number of pyridine rings is 1. The maximum Gasteiger partial charge on any atom is 0.407 e. The molecule has 2 unspecified atom stereocenters. The second-order valence-corrected chi connectivity index (χ2v) is 7.79. The lowest BCUT2D eigenvalue weighted by atomic mass is 9.98. The van der Waals surface area contributed by atoms with E-state index in [1.807, 2.05) is 54.6 Å². The van der Waals surface area contributed by atoms with Crippen LogP contribution >= 0.6 is 11.6 Å². The Kier molecular flexibility index (Phi) is 6.37. The molecule has 1 heterocycles. The minimum atomic E-state index is -1.43. The Labute approximate surface area is 189 Å². The molecule has 3 aromatic rings. The van der Waals surface area contributed by atoms with Crippen molar-refractivity contribution in [1.82, 2.24) is 10.3 Å². The van der Waals surface area contributed by atoms with Crippen LogP contribution in [-0.4, -0.2) is 40.5 Å². The number of amides is 1. The largest absolute Gasteiger partial charge is 0.449 e. The Morgan fingerprint density at radius 3 is 2.41 bits per heavy atom. The maximum absolute atomic E-state index is 12.2. The van der Waals surface area contributed by atoms with Crippen LogP contribution in [0, 0.1) is 11.3 Å². The maximum atomic E-state index is 12.2. The highest BCUT2D eigenvalue weighted by atomic mass is 35.5. The van der Waals surface area contributed by atoms with Crippen molar-refractivity contribution in [3.05, 3.63) is 88.2 Å². The number of carbonyl (C=O) groups is 1. The number of aromatic nitrogens is 1. The van der Waals surface area contributed by atoms with Crippen LogP contribution < -0.4 is 5.32 Å². The Bertz CT molecular complexity index is 1150. The van der Waals surface area contributed by atoms with E-state index in [-0.39, 0.29) is 35.3 Å². The lowest BCUT2D eigenvalue weighted by molar-refractivity contribution is 0.0184. The molecule has 0 saturated heterocycles. The van der Waals surface area contributed by atoms with Gasteiger partial charge in [0.1, 0.15) is 30.0 Å². The van der Waals surface area contributed by atoms with Gasteiger partial charge in [0, 0.05) is 24.2 Å². The molecule has 0 spiro atoms. The standard InChI is InChI=1S/C24H20ClN3O4/c25-23-19(9-14(10-26)11-27-23)22(30)21(29)12-28-24(31)32-13-20-17-7-3-1-5-15(17)16-6-2-4-8-18(16)20/h1-9,11,20-22,29-30H,12-13H2,(H,28,31). The van der Waals surface area contributed by atoms with Crippen LogP contribution in [0.2, 0.25) is 5.15 Å². The Hall–Kier alpha value is -3.44. The highest BCUT2D eigenvalue weighted by Gasteiger charge is 2.29. The number of nitriles is 1. The number of ether oxygens (including phenoxy) is 1. The van der Waals surface area contributed by atoms with Gasteiger partial charge in [0.05, 0.1) is 5.56 Å². The smallest absolute Gasteiger partial charge is 0.407 e. The highest BCUT2D eigenvalue weighted by molar-refractivity contribution is 6.30. The van der Waals surface area contributed by atoms with Gasteiger partial charge in [-0.15, -0.1) is 0 Å². The first-order chi connectivity index (χ1) is 15.5. The number of aliphatic hydroxyl groups is 2. The Balaban J connectivity index is 1.36. The van der Waals surface area contributed by atoms with Crippen LogP contribution in [0.15, 0.2) is 60.8 Å². The van der Waals surface area contributed by atoms with E-state index in [1.54, 1.807) is 0 Å². The number of nitrogens with zero attached hydrogens (tertiary/aromatic N) is 2. The van der Waals surface area contributed by atoms with Crippen LogP contribution in [0.5, 0.6) is 0 Å². The van der Waals surface area contributed by atoms with E-state index in [4.69, 9.17) is 21.6 Å². The molecule has 0 radical (unpaired) electrons. The number of alkyl carbamates (subject to hydrolysis) is 1. The Morgan fingerprint density at radius 2 is 1.78 bits per heavy atom. The van der Waals surface area contributed by atoms with Gasteiger partial charge in [0.25, 0.3) is 0 Å². The van der Waals surface area contributed by atoms with E-state index in [9.17, 15) is 15.0 Å². The molecule has 4 rings (SSSR count). The SMILES string of the molecule is N#Cc1cnc(Cl)c(C(O)C(O)CNC(=O)OCC2c3ccccc3-c3ccccc32)c1. The monoisotopic (exact) mass is 449 g/mol. The summed E-state index contributed by atoms with van der Waals surface area (Å²) in [5.41, 5.74) is 4.74. The zero-order valence-corrected chi connectivity index (χ0v) is 17.7. The molecule has 8 heteroatoms. The van der Waals surface area contributed by atoms with Gasteiger partial charge in [-0.2, -0.15) is 5.26 Å². The van der Waals surface area contributed by atoms with E-state index in [0.29, 0.717) is 0 Å². The van der Waals surface area contributed by atoms with Crippen molar-refractivity contribution in [3.63, 3.8) is 0 Å². The highest BCUT2D eigenvalue weighted by Crippen LogP contribution is 2.44. The number of rotatable bonds is 6. The molecule has 0 fully saturated rings. The third-order valence-corrected chi connectivity index (χ3v) is 5.79. The van der Waals surface area contributed by atoms with Crippen LogP contribution in [0.25, 0.3) is 11.1 Å². The quantitative estimate of drug-likeness (QED) is 0.496. The van der Waals surface area contributed by atoms with Gasteiger partial charge in [0.15, 0.2) is 0 Å².